The minimum Gasteiger partial charge on any atom is -0.490 e. The van der Waals surface area contributed by atoms with Gasteiger partial charge in [-0.25, -0.2) is 0 Å². The number of amides is 1. The van der Waals surface area contributed by atoms with Crippen molar-refractivity contribution in [1.29, 1.82) is 0 Å². The summed E-state index contributed by atoms with van der Waals surface area (Å²) in [6, 6.07) is 18.1. The Kier molecular flexibility index (Phi) is 9.84. The Morgan fingerprint density at radius 3 is 2.45 bits per heavy atom. The van der Waals surface area contributed by atoms with Crippen molar-refractivity contribution < 1.29 is 9.53 Å². The number of para-hydroxylation sites is 1. The second kappa shape index (κ2) is 12.8. The molecule has 1 aliphatic heterocycles. The molecule has 0 spiro atoms. The second-order valence-electron chi connectivity index (χ2n) is 8.69. The van der Waals surface area contributed by atoms with Gasteiger partial charge in [0.15, 0.2) is 5.96 Å². The Morgan fingerprint density at radius 2 is 1.76 bits per heavy atom. The monoisotopic (exact) mass is 562 g/mol. The molecule has 2 aliphatic rings. The molecule has 0 aromatic heterocycles. The molecule has 33 heavy (non-hydrogen) atoms. The Hall–Kier alpha value is -2.29. The molecular weight excluding hydrogens is 527 g/mol. The number of rotatable bonds is 6. The van der Waals surface area contributed by atoms with Gasteiger partial charge in [0.05, 0.1) is 0 Å². The van der Waals surface area contributed by atoms with Crippen LogP contribution in [0.3, 0.4) is 0 Å². The van der Waals surface area contributed by atoms with Crippen molar-refractivity contribution in [2.45, 2.75) is 51.2 Å². The SMILES string of the molecule is CN=C(NCc1cccc(NC(=O)C2CCCC2)c1)N1CCC(Oc2ccccc2)CC1.I. The first-order chi connectivity index (χ1) is 15.7. The molecular formula is C26H35IN4O2. The predicted molar refractivity (Wildman–Crippen MR) is 144 cm³/mol. The van der Waals surface area contributed by atoms with Crippen LogP contribution < -0.4 is 15.4 Å². The third-order valence-electron chi connectivity index (χ3n) is 6.37. The highest BCUT2D eigenvalue weighted by molar-refractivity contribution is 14.0. The summed E-state index contributed by atoms with van der Waals surface area (Å²) in [5.41, 5.74) is 1.99. The van der Waals surface area contributed by atoms with E-state index < -0.39 is 0 Å². The van der Waals surface area contributed by atoms with Gasteiger partial charge in [0, 0.05) is 51.1 Å². The van der Waals surface area contributed by atoms with Crippen molar-refractivity contribution in [1.82, 2.24) is 10.2 Å². The fraction of sp³-hybridized carbons (Fsp3) is 0.462. The molecule has 0 unspecified atom stereocenters. The summed E-state index contributed by atoms with van der Waals surface area (Å²) in [7, 11) is 1.83. The van der Waals surface area contributed by atoms with Gasteiger partial charge in [-0.05, 0) is 42.7 Å². The number of hydrogen-bond acceptors (Lipinski definition) is 3. The third-order valence-corrected chi connectivity index (χ3v) is 6.37. The number of ether oxygens (including phenoxy) is 1. The summed E-state index contributed by atoms with van der Waals surface area (Å²) in [6.45, 7) is 2.49. The molecule has 1 heterocycles. The lowest BCUT2D eigenvalue weighted by Gasteiger charge is -2.34. The van der Waals surface area contributed by atoms with E-state index in [-0.39, 0.29) is 41.9 Å². The van der Waals surface area contributed by atoms with Crippen LogP contribution in [-0.2, 0) is 11.3 Å². The third kappa shape index (κ3) is 7.35. The average molecular weight is 562 g/mol. The number of aliphatic imine (C=N–C) groups is 1. The van der Waals surface area contributed by atoms with Gasteiger partial charge >= 0.3 is 0 Å². The first-order valence-electron chi connectivity index (χ1n) is 11.8. The Bertz CT molecular complexity index is 908. The first kappa shape index (κ1) is 25.3. The van der Waals surface area contributed by atoms with E-state index in [1.807, 2.05) is 55.6 Å². The van der Waals surface area contributed by atoms with Gasteiger partial charge in [0.2, 0.25) is 5.91 Å². The lowest BCUT2D eigenvalue weighted by molar-refractivity contribution is -0.119. The van der Waals surface area contributed by atoms with E-state index in [0.717, 1.165) is 74.6 Å². The minimum absolute atomic E-state index is 0. The summed E-state index contributed by atoms with van der Waals surface area (Å²) in [5, 5.41) is 6.57. The summed E-state index contributed by atoms with van der Waals surface area (Å²) < 4.78 is 6.11. The van der Waals surface area contributed by atoms with Gasteiger partial charge in [0.1, 0.15) is 11.9 Å². The standard InChI is InChI=1S/C26H34N4O2.HI/c1-27-26(30-16-14-24(15-17-30)32-23-12-3-2-4-13-23)28-19-20-8-7-11-22(18-20)29-25(31)21-9-5-6-10-21;/h2-4,7-8,11-13,18,21,24H,5-6,9-10,14-17,19H2,1H3,(H,27,28)(H,29,31);1H. The van der Waals surface area contributed by atoms with E-state index in [1.165, 1.54) is 0 Å². The van der Waals surface area contributed by atoms with Crippen LogP contribution in [0.25, 0.3) is 0 Å². The molecule has 6 nitrogen and oxygen atoms in total. The highest BCUT2D eigenvalue weighted by atomic mass is 127. The van der Waals surface area contributed by atoms with Crippen LogP contribution in [0.15, 0.2) is 59.6 Å². The molecule has 2 aromatic carbocycles. The quantitative estimate of drug-likeness (QED) is 0.294. The number of halogens is 1. The molecule has 178 valence electrons. The fourth-order valence-corrected chi connectivity index (χ4v) is 4.58. The Labute approximate surface area is 214 Å². The van der Waals surface area contributed by atoms with E-state index in [2.05, 4.69) is 26.6 Å². The van der Waals surface area contributed by atoms with Gasteiger partial charge in [-0.2, -0.15) is 0 Å². The average Bonchev–Trinajstić information content (AvgIpc) is 3.37. The molecule has 2 N–H and O–H groups in total. The number of likely N-dealkylation sites (tertiary alicyclic amines) is 1. The number of hydrogen-bond donors (Lipinski definition) is 2. The summed E-state index contributed by atoms with van der Waals surface area (Å²) >= 11 is 0. The number of guanidine groups is 1. The smallest absolute Gasteiger partial charge is 0.227 e. The van der Waals surface area contributed by atoms with Crippen LogP contribution in [0.5, 0.6) is 5.75 Å². The number of piperidine rings is 1. The zero-order valence-electron chi connectivity index (χ0n) is 19.3. The number of carbonyl (C=O) groups excluding carboxylic acids is 1. The number of nitrogens with zero attached hydrogens (tertiary/aromatic N) is 2. The van der Waals surface area contributed by atoms with Crippen molar-refractivity contribution in [3.8, 4) is 5.75 Å². The minimum atomic E-state index is 0. The van der Waals surface area contributed by atoms with Crippen molar-refractivity contribution >= 4 is 41.5 Å². The predicted octanol–water partition coefficient (Wildman–Crippen LogP) is 5.05. The maximum atomic E-state index is 12.4. The van der Waals surface area contributed by atoms with E-state index in [0.29, 0.717) is 6.54 Å². The number of anilines is 1. The molecule has 7 heteroatoms. The molecule has 4 rings (SSSR count). The molecule has 0 bridgehead atoms. The largest absolute Gasteiger partial charge is 0.490 e. The summed E-state index contributed by atoms with van der Waals surface area (Å²) in [6.07, 6.45) is 6.53. The fourth-order valence-electron chi connectivity index (χ4n) is 4.58. The summed E-state index contributed by atoms with van der Waals surface area (Å²) in [5.74, 6) is 2.17. The molecule has 1 amide bonds. The van der Waals surface area contributed by atoms with Crippen molar-refractivity contribution in [2.24, 2.45) is 10.9 Å². The van der Waals surface area contributed by atoms with Gasteiger partial charge in [-0.3, -0.25) is 9.79 Å². The Balaban J connectivity index is 0.00000306. The number of benzene rings is 2. The van der Waals surface area contributed by atoms with Gasteiger partial charge in [-0.1, -0.05) is 43.2 Å². The zero-order chi connectivity index (χ0) is 22.2. The van der Waals surface area contributed by atoms with Crippen LogP contribution in [0.2, 0.25) is 0 Å². The van der Waals surface area contributed by atoms with Crippen LogP contribution >= 0.6 is 24.0 Å². The Morgan fingerprint density at radius 1 is 1.03 bits per heavy atom. The van der Waals surface area contributed by atoms with Crippen molar-refractivity contribution in [2.75, 3.05) is 25.5 Å². The first-order valence-corrected chi connectivity index (χ1v) is 11.8. The lowest BCUT2D eigenvalue weighted by Crippen LogP contribution is -2.47. The van der Waals surface area contributed by atoms with Crippen LogP contribution in [0, 0.1) is 5.92 Å². The molecule has 1 aliphatic carbocycles. The van der Waals surface area contributed by atoms with Crippen molar-refractivity contribution in [3.05, 3.63) is 60.2 Å². The molecule has 1 saturated heterocycles. The highest BCUT2D eigenvalue weighted by Crippen LogP contribution is 2.26. The summed E-state index contributed by atoms with van der Waals surface area (Å²) in [4.78, 5) is 19.2. The van der Waals surface area contributed by atoms with E-state index in [1.54, 1.807) is 0 Å². The topological polar surface area (TPSA) is 66.0 Å². The number of nitrogens with one attached hydrogen (secondary N) is 2. The van der Waals surface area contributed by atoms with Crippen LogP contribution in [0.4, 0.5) is 5.69 Å². The second-order valence-corrected chi connectivity index (χ2v) is 8.69. The normalized spacial score (nSPS) is 17.4. The van der Waals surface area contributed by atoms with Crippen LogP contribution in [-0.4, -0.2) is 43.0 Å². The molecule has 2 aromatic rings. The van der Waals surface area contributed by atoms with Gasteiger partial charge in [0.25, 0.3) is 0 Å². The van der Waals surface area contributed by atoms with E-state index in [9.17, 15) is 4.79 Å². The molecule has 1 saturated carbocycles. The highest BCUT2D eigenvalue weighted by Gasteiger charge is 2.23. The van der Waals surface area contributed by atoms with E-state index in [4.69, 9.17) is 4.74 Å². The molecule has 2 fully saturated rings. The zero-order valence-corrected chi connectivity index (χ0v) is 21.7. The maximum absolute atomic E-state index is 12.4. The van der Waals surface area contributed by atoms with Crippen LogP contribution in [0.1, 0.15) is 44.1 Å². The van der Waals surface area contributed by atoms with Crippen molar-refractivity contribution in [3.63, 3.8) is 0 Å². The maximum Gasteiger partial charge on any atom is 0.227 e. The van der Waals surface area contributed by atoms with E-state index >= 15 is 0 Å². The molecule has 0 radical (unpaired) electrons. The molecule has 0 atom stereocenters. The van der Waals surface area contributed by atoms with Gasteiger partial charge in [-0.15, -0.1) is 24.0 Å². The van der Waals surface area contributed by atoms with Gasteiger partial charge < -0.3 is 20.3 Å². The number of carbonyl (C=O) groups is 1. The lowest BCUT2D eigenvalue weighted by atomic mass is 10.1.